The van der Waals surface area contributed by atoms with E-state index in [2.05, 4.69) is 11.4 Å². The summed E-state index contributed by atoms with van der Waals surface area (Å²) in [4.78, 5) is 14.1. The number of carbonyl (C=O) groups excluding carboxylic acids is 1. The van der Waals surface area contributed by atoms with Crippen molar-refractivity contribution in [3.63, 3.8) is 0 Å². The van der Waals surface area contributed by atoms with Gasteiger partial charge in [0.2, 0.25) is 5.91 Å². The van der Waals surface area contributed by atoms with Crippen LogP contribution in [0.2, 0.25) is 5.02 Å². The van der Waals surface area contributed by atoms with Crippen molar-refractivity contribution >= 4 is 23.2 Å². The molecule has 1 N–H and O–H groups in total. The van der Waals surface area contributed by atoms with Crippen molar-refractivity contribution < 1.29 is 4.79 Å². The molecule has 0 aromatic heterocycles. The first kappa shape index (κ1) is 17.0. The van der Waals surface area contributed by atoms with Crippen molar-refractivity contribution in [3.05, 3.63) is 64.7 Å². The Morgan fingerprint density at radius 1 is 1.30 bits per heavy atom. The van der Waals surface area contributed by atoms with E-state index in [0.717, 1.165) is 5.56 Å². The van der Waals surface area contributed by atoms with Gasteiger partial charge in [0.25, 0.3) is 0 Å². The van der Waals surface area contributed by atoms with Gasteiger partial charge in [0.1, 0.15) is 0 Å². The molecule has 1 amide bonds. The van der Waals surface area contributed by atoms with Gasteiger partial charge >= 0.3 is 0 Å². The van der Waals surface area contributed by atoms with Crippen molar-refractivity contribution in [3.8, 4) is 6.07 Å². The summed E-state index contributed by atoms with van der Waals surface area (Å²) >= 11 is 6.21. The van der Waals surface area contributed by atoms with E-state index in [-0.39, 0.29) is 18.5 Å². The second-order valence-electron chi connectivity index (χ2n) is 5.35. The van der Waals surface area contributed by atoms with E-state index in [0.29, 0.717) is 16.3 Å². The molecule has 2 rings (SSSR count). The summed E-state index contributed by atoms with van der Waals surface area (Å²) in [5.74, 6) is -0.138. The first-order chi connectivity index (χ1) is 11.0. The van der Waals surface area contributed by atoms with E-state index >= 15 is 0 Å². The Labute approximate surface area is 141 Å². The lowest BCUT2D eigenvalue weighted by Gasteiger charge is -2.25. The van der Waals surface area contributed by atoms with Crippen molar-refractivity contribution in [2.45, 2.75) is 13.0 Å². The standard InChI is InChI=1S/C18H18ClN3O/c1-13(16-8-3-4-9-17(16)19)22(2)12-18(23)21-15-7-5-6-14(10-15)11-20/h3-10,13H,12H2,1-2H3,(H,21,23). The van der Waals surface area contributed by atoms with Crippen molar-refractivity contribution in [1.82, 2.24) is 4.90 Å². The van der Waals surface area contributed by atoms with E-state index in [1.54, 1.807) is 24.3 Å². The van der Waals surface area contributed by atoms with Crippen LogP contribution in [0.5, 0.6) is 0 Å². The molecule has 0 bridgehead atoms. The van der Waals surface area contributed by atoms with E-state index in [1.165, 1.54) is 0 Å². The SMILES string of the molecule is CC(c1ccccc1Cl)N(C)CC(=O)Nc1cccc(C#N)c1. The van der Waals surface area contributed by atoms with Gasteiger partial charge in [-0.1, -0.05) is 35.9 Å². The third-order valence-electron chi connectivity index (χ3n) is 3.68. The molecule has 0 heterocycles. The van der Waals surface area contributed by atoms with Gasteiger partial charge in [0.05, 0.1) is 18.2 Å². The Morgan fingerprint density at radius 3 is 2.74 bits per heavy atom. The van der Waals surface area contributed by atoms with Gasteiger partial charge in [-0.05, 0) is 43.8 Å². The van der Waals surface area contributed by atoms with Crippen LogP contribution in [0.3, 0.4) is 0 Å². The van der Waals surface area contributed by atoms with E-state index in [1.807, 2.05) is 43.1 Å². The molecule has 0 aliphatic carbocycles. The average Bonchev–Trinajstić information content (AvgIpc) is 2.54. The van der Waals surface area contributed by atoms with E-state index in [4.69, 9.17) is 16.9 Å². The quantitative estimate of drug-likeness (QED) is 0.907. The van der Waals surface area contributed by atoms with E-state index < -0.39 is 0 Å². The lowest BCUT2D eigenvalue weighted by molar-refractivity contribution is -0.117. The number of nitrogens with zero attached hydrogens (tertiary/aromatic N) is 2. The number of hydrogen-bond donors (Lipinski definition) is 1. The highest BCUT2D eigenvalue weighted by Crippen LogP contribution is 2.25. The number of rotatable bonds is 5. The molecule has 0 aliphatic heterocycles. The topological polar surface area (TPSA) is 56.1 Å². The molecule has 2 aromatic rings. The Balaban J connectivity index is 1.99. The highest BCUT2D eigenvalue weighted by atomic mass is 35.5. The van der Waals surface area contributed by atoms with Gasteiger partial charge in [-0.2, -0.15) is 5.26 Å². The van der Waals surface area contributed by atoms with Crippen LogP contribution in [0.4, 0.5) is 5.69 Å². The lowest BCUT2D eigenvalue weighted by atomic mass is 10.1. The van der Waals surface area contributed by atoms with Gasteiger partial charge < -0.3 is 5.32 Å². The van der Waals surface area contributed by atoms with Gasteiger partial charge in [-0.25, -0.2) is 0 Å². The maximum absolute atomic E-state index is 12.2. The molecule has 0 aliphatic rings. The summed E-state index contributed by atoms with van der Waals surface area (Å²) in [6.07, 6.45) is 0. The summed E-state index contributed by atoms with van der Waals surface area (Å²) in [7, 11) is 1.87. The largest absolute Gasteiger partial charge is 0.325 e. The van der Waals surface area contributed by atoms with Crippen LogP contribution in [-0.2, 0) is 4.79 Å². The Kier molecular flexibility index (Phi) is 5.75. The average molecular weight is 328 g/mol. The normalized spacial score (nSPS) is 11.8. The minimum atomic E-state index is -0.138. The monoisotopic (exact) mass is 327 g/mol. The zero-order chi connectivity index (χ0) is 16.8. The number of hydrogen-bond acceptors (Lipinski definition) is 3. The minimum Gasteiger partial charge on any atom is -0.325 e. The van der Waals surface area contributed by atoms with Gasteiger partial charge in [-0.15, -0.1) is 0 Å². The molecule has 0 spiro atoms. The summed E-state index contributed by atoms with van der Waals surface area (Å²) in [6, 6.07) is 16.5. The number of nitriles is 1. The minimum absolute atomic E-state index is 0.0138. The third-order valence-corrected chi connectivity index (χ3v) is 4.03. The third kappa shape index (κ3) is 4.56. The van der Waals surface area contributed by atoms with Crippen LogP contribution in [-0.4, -0.2) is 24.4 Å². The number of likely N-dealkylation sites (N-methyl/N-ethyl adjacent to an activating group) is 1. The lowest BCUT2D eigenvalue weighted by Crippen LogP contribution is -2.32. The number of benzene rings is 2. The molecule has 5 heteroatoms. The van der Waals surface area contributed by atoms with Crippen LogP contribution < -0.4 is 5.32 Å². The molecular formula is C18H18ClN3O. The molecule has 4 nitrogen and oxygen atoms in total. The number of halogens is 1. The predicted octanol–water partition coefficient (Wildman–Crippen LogP) is 3.84. The molecule has 0 fully saturated rings. The second kappa shape index (κ2) is 7.77. The fraction of sp³-hybridized carbons (Fsp3) is 0.222. The van der Waals surface area contributed by atoms with Crippen molar-refractivity contribution in [2.75, 3.05) is 18.9 Å². The maximum Gasteiger partial charge on any atom is 0.238 e. The summed E-state index contributed by atoms with van der Waals surface area (Å²) < 4.78 is 0. The molecular weight excluding hydrogens is 310 g/mol. The molecule has 0 radical (unpaired) electrons. The molecule has 118 valence electrons. The van der Waals surface area contributed by atoms with Crippen molar-refractivity contribution in [2.24, 2.45) is 0 Å². The molecule has 1 unspecified atom stereocenters. The summed E-state index contributed by atoms with van der Waals surface area (Å²) in [5.41, 5.74) is 2.12. The first-order valence-electron chi connectivity index (χ1n) is 7.26. The van der Waals surface area contributed by atoms with Crippen LogP contribution >= 0.6 is 11.6 Å². The zero-order valence-electron chi connectivity index (χ0n) is 13.1. The van der Waals surface area contributed by atoms with Crippen LogP contribution in [0.15, 0.2) is 48.5 Å². The van der Waals surface area contributed by atoms with Gasteiger partial charge in [0.15, 0.2) is 0 Å². The number of nitrogens with one attached hydrogen (secondary N) is 1. The molecule has 0 saturated heterocycles. The molecule has 23 heavy (non-hydrogen) atoms. The van der Waals surface area contributed by atoms with Crippen LogP contribution in [0.25, 0.3) is 0 Å². The second-order valence-corrected chi connectivity index (χ2v) is 5.76. The Bertz CT molecular complexity index is 739. The predicted molar refractivity (Wildman–Crippen MR) is 92.3 cm³/mol. The fourth-order valence-electron chi connectivity index (χ4n) is 2.28. The number of amides is 1. The molecule has 2 aromatic carbocycles. The fourth-order valence-corrected chi connectivity index (χ4v) is 2.58. The highest BCUT2D eigenvalue weighted by molar-refractivity contribution is 6.31. The van der Waals surface area contributed by atoms with Crippen molar-refractivity contribution in [1.29, 1.82) is 5.26 Å². The number of anilines is 1. The first-order valence-corrected chi connectivity index (χ1v) is 7.63. The number of carbonyl (C=O) groups is 1. The van der Waals surface area contributed by atoms with E-state index in [9.17, 15) is 4.79 Å². The Morgan fingerprint density at radius 2 is 2.04 bits per heavy atom. The summed E-state index contributed by atoms with van der Waals surface area (Å²) in [6.45, 7) is 2.23. The Hall–Kier alpha value is -2.35. The van der Waals surface area contributed by atoms with Crippen LogP contribution in [0, 0.1) is 11.3 Å². The smallest absolute Gasteiger partial charge is 0.238 e. The van der Waals surface area contributed by atoms with Crippen LogP contribution in [0.1, 0.15) is 24.1 Å². The van der Waals surface area contributed by atoms with Gasteiger partial charge in [0, 0.05) is 16.8 Å². The molecule has 1 atom stereocenters. The molecule has 0 saturated carbocycles. The highest BCUT2D eigenvalue weighted by Gasteiger charge is 2.17. The zero-order valence-corrected chi connectivity index (χ0v) is 13.8. The summed E-state index contributed by atoms with van der Waals surface area (Å²) in [5, 5.41) is 12.4. The maximum atomic E-state index is 12.2. The van der Waals surface area contributed by atoms with Gasteiger partial charge in [-0.3, -0.25) is 9.69 Å².